The Morgan fingerprint density at radius 3 is 2.67 bits per heavy atom. The first-order chi connectivity index (χ1) is 9.77. The monoisotopic (exact) mass is 328 g/mol. The summed E-state index contributed by atoms with van der Waals surface area (Å²) in [6, 6.07) is 7.95. The molecule has 1 aliphatic carbocycles. The third kappa shape index (κ3) is 3.53. The molecule has 21 heavy (non-hydrogen) atoms. The van der Waals surface area contributed by atoms with Crippen LogP contribution in [-0.4, -0.2) is 30.4 Å². The topological polar surface area (TPSA) is 32.3 Å². The molecule has 1 unspecified atom stereocenters. The summed E-state index contributed by atoms with van der Waals surface area (Å²) < 4.78 is 0. The lowest BCUT2D eigenvalue weighted by Crippen LogP contribution is -2.50. The zero-order chi connectivity index (χ0) is 13.9. The van der Waals surface area contributed by atoms with Crippen molar-refractivity contribution in [2.24, 2.45) is 5.92 Å². The number of hydrogen-bond donors (Lipinski definition) is 1. The van der Waals surface area contributed by atoms with Crippen LogP contribution in [0.1, 0.15) is 37.3 Å². The van der Waals surface area contributed by atoms with Crippen LogP contribution in [-0.2, 0) is 4.79 Å². The number of carbonyl (C=O) groups excluding carboxylic acids is 1. The summed E-state index contributed by atoms with van der Waals surface area (Å²) in [5.41, 5.74) is 1.06. The van der Waals surface area contributed by atoms with Gasteiger partial charge >= 0.3 is 0 Å². The Hall–Kier alpha value is -0.770. The van der Waals surface area contributed by atoms with E-state index < -0.39 is 0 Å². The molecule has 1 aromatic carbocycles. The van der Waals surface area contributed by atoms with Gasteiger partial charge in [0.2, 0.25) is 5.91 Å². The molecule has 0 radical (unpaired) electrons. The molecule has 1 aromatic rings. The summed E-state index contributed by atoms with van der Waals surface area (Å²) in [5.74, 6) is 0.562. The molecule has 0 bridgehead atoms. The van der Waals surface area contributed by atoms with Gasteiger partial charge in [-0.1, -0.05) is 42.6 Å². The third-order valence-electron chi connectivity index (χ3n) is 4.50. The highest BCUT2D eigenvalue weighted by Crippen LogP contribution is 2.33. The maximum absolute atomic E-state index is 12.8. The van der Waals surface area contributed by atoms with Crippen molar-refractivity contribution in [1.82, 2.24) is 10.2 Å². The molecule has 5 heteroatoms. The highest BCUT2D eigenvalue weighted by molar-refractivity contribution is 6.31. The van der Waals surface area contributed by atoms with E-state index in [0.29, 0.717) is 5.91 Å². The Morgan fingerprint density at radius 1 is 1.24 bits per heavy atom. The van der Waals surface area contributed by atoms with Gasteiger partial charge in [0, 0.05) is 30.6 Å². The SMILES string of the molecule is Cl.O=C(C1CCCC1)N1CCNCC1c1ccccc1Cl. The fraction of sp³-hybridized carbons (Fsp3) is 0.562. The molecule has 1 saturated carbocycles. The molecule has 3 rings (SSSR count). The minimum Gasteiger partial charge on any atom is -0.333 e. The van der Waals surface area contributed by atoms with Crippen LogP contribution < -0.4 is 5.32 Å². The van der Waals surface area contributed by atoms with Crippen LogP contribution in [0.25, 0.3) is 0 Å². The number of carbonyl (C=O) groups is 1. The number of piperazine rings is 1. The van der Waals surface area contributed by atoms with Crippen molar-refractivity contribution in [2.45, 2.75) is 31.7 Å². The van der Waals surface area contributed by atoms with Gasteiger partial charge in [-0.15, -0.1) is 12.4 Å². The van der Waals surface area contributed by atoms with Crippen molar-refractivity contribution in [3.8, 4) is 0 Å². The summed E-state index contributed by atoms with van der Waals surface area (Å²) >= 11 is 6.32. The second-order valence-corrected chi connectivity index (χ2v) is 6.16. The highest BCUT2D eigenvalue weighted by atomic mass is 35.5. The summed E-state index contributed by atoms with van der Waals surface area (Å²) in [5, 5.41) is 4.14. The lowest BCUT2D eigenvalue weighted by atomic mass is 9.99. The third-order valence-corrected chi connectivity index (χ3v) is 4.84. The first-order valence-electron chi connectivity index (χ1n) is 7.53. The molecule has 2 aliphatic rings. The van der Waals surface area contributed by atoms with Gasteiger partial charge in [-0.3, -0.25) is 4.79 Å². The summed E-state index contributed by atoms with van der Waals surface area (Å²) in [7, 11) is 0. The first kappa shape index (κ1) is 16.6. The fourth-order valence-corrected chi connectivity index (χ4v) is 3.66. The summed E-state index contributed by atoms with van der Waals surface area (Å²) in [6.07, 6.45) is 4.49. The van der Waals surface area contributed by atoms with Crippen LogP contribution >= 0.6 is 24.0 Å². The van der Waals surface area contributed by atoms with Gasteiger partial charge in [0.1, 0.15) is 0 Å². The van der Waals surface area contributed by atoms with Gasteiger partial charge in [-0.25, -0.2) is 0 Å². The molecule has 1 heterocycles. The van der Waals surface area contributed by atoms with Gasteiger partial charge in [0.05, 0.1) is 6.04 Å². The van der Waals surface area contributed by atoms with Gasteiger partial charge in [-0.2, -0.15) is 0 Å². The van der Waals surface area contributed by atoms with Crippen molar-refractivity contribution in [2.75, 3.05) is 19.6 Å². The van der Waals surface area contributed by atoms with Crippen molar-refractivity contribution < 1.29 is 4.79 Å². The molecule has 1 saturated heterocycles. The predicted molar refractivity (Wildman–Crippen MR) is 88.0 cm³/mol. The highest BCUT2D eigenvalue weighted by Gasteiger charge is 2.34. The van der Waals surface area contributed by atoms with Gasteiger partial charge in [0.25, 0.3) is 0 Å². The molecule has 116 valence electrons. The second-order valence-electron chi connectivity index (χ2n) is 5.75. The van der Waals surface area contributed by atoms with E-state index in [2.05, 4.69) is 5.32 Å². The van der Waals surface area contributed by atoms with Gasteiger partial charge in [0.15, 0.2) is 0 Å². The number of halogens is 2. The summed E-state index contributed by atoms with van der Waals surface area (Å²) in [6.45, 7) is 2.45. The standard InChI is InChI=1S/C16H21ClN2O.ClH/c17-14-8-4-3-7-13(14)15-11-18-9-10-19(15)16(20)12-5-1-2-6-12;/h3-4,7-8,12,15,18H,1-2,5-6,9-11H2;1H. The minimum atomic E-state index is 0. The van der Waals surface area contributed by atoms with Crippen LogP contribution in [0.2, 0.25) is 5.02 Å². The Labute approximate surface area is 137 Å². The van der Waals surface area contributed by atoms with Crippen LogP contribution in [0.15, 0.2) is 24.3 Å². The quantitative estimate of drug-likeness (QED) is 0.902. The van der Waals surface area contributed by atoms with Crippen LogP contribution in [0, 0.1) is 5.92 Å². The minimum absolute atomic E-state index is 0. The molecular formula is C16H22Cl2N2O. The molecule has 2 fully saturated rings. The zero-order valence-corrected chi connectivity index (χ0v) is 13.6. The maximum Gasteiger partial charge on any atom is 0.226 e. The smallest absolute Gasteiger partial charge is 0.226 e. The summed E-state index contributed by atoms with van der Waals surface area (Å²) in [4.78, 5) is 14.8. The number of benzene rings is 1. The van der Waals surface area contributed by atoms with Crippen molar-refractivity contribution in [3.63, 3.8) is 0 Å². The fourth-order valence-electron chi connectivity index (χ4n) is 3.40. The molecule has 3 nitrogen and oxygen atoms in total. The maximum atomic E-state index is 12.8. The number of nitrogens with one attached hydrogen (secondary N) is 1. The average Bonchev–Trinajstić information content (AvgIpc) is 3.01. The molecular weight excluding hydrogens is 307 g/mol. The van der Waals surface area contributed by atoms with Gasteiger partial charge in [-0.05, 0) is 24.5 Å². The Balaban J connectivity index is 0.00000161. The van der Waals surface area contributed by atoms with Crippen molar-refractivity contribution in [1.29, 1.82) is 0 Å². The number of rotatable bonds is 2. The molecule has 0 spiro atoms. The van der Waals surface area contributed by atoms with E-state index in [-0.39, 0.29) is 24.4 Å². The van der Waals surface area contributed by atoms with Gasteiger partial charge < -0.3 is 10.2 Å². The normalized spacial score (nSPS) is 22.9. The zero-order valence-electron chi connectivity index (χ0n) is 12.1. The lowest BCUT2D eigenvalue weighted by molar-refractivity contribution is -0.138. The van der Waals surface area contributed by atoms with E-state index in [4.69, 9.17) is 11.6 Å². The van der Waals surface area contributed by atoms with E-state index in [0.717, 1.165) is 43.1 Å². The average molecular weight is 329 g/mol. The van der Waals surface area contributed by atoms with E-state index >= 15 is 0 Å². The van der Waals surface area contributed by atoms with E-state index in [9.17, 15) is 4.79 Å². The van der Waals surface area contributed by atoms with E-state index in [1.807, 2.05) is 29.2 Å². The first-order valence-corrected chi connectivity index (χ1v) is 7.91. The van der Waals surface area contributed by atoms with Crippen LogP contribution in [0.5, 0.6) is 0 Å². The molecule has 0 aromatic heterocycles. The Bertz CT molecular complexity index is 489. The molecule has 1 aliphatic heterocycles. The van der Waals surface area contributed by atoms with Crippen LogP contribution in [0.3, 0.4) is 0 Å². The Morgan fingerprint density at radius 2 is 1.95 bits per heavy atom. The number of nitrogens with zero attached hydrogens (tertiary/aromatic N) is 1. The predicted octanol–water partition coefficient (Wildman–Crippen LogP) is 3.42. The second kappa shape index (κ2) is 7.48. The molecule has 1 atom stereocenters. The van der Waals surface area contributed by atoms with E-state index in [1.54, 1.807) is 0 Å². The largest absolute Gasteiger partial charge is 0.333 e. The Kier molecular flexibility index (Phi) is 5.91. The molecule has 1 N–H and O–H groups in total. The van der Waals surface area contributed by atoms with Crippen molar-refractivity contribution >= 4 is 29.9 Å². The number of amides is 1. The van der Waals surface area contributed by atoms with Crippen molar-refractivity contribution in [3.05, 3.63) is 34.9 Å². The molecule has 1 amide bonds. The number of hydrogen-bond acceptors (Lipinski definition) is 2. The lowest BCUT2D eigenvalue weighted by Gasteiger charge is -2.38. The van der Waals surface area contributed by atoms with E-state index in [1.165, 1.54) is 12.8 Å². The van der Waals surface area contributed by atoms with Crippen LogP contribution in [0.4, 0.5) is 0 Å².